The van der Waals surface area contributed by atoms with Crippen molar-refractivity contribution in [1.82, 2.24) is 0 Å². The van der Waals surface area contributed by atoms with Crippen LogP contribution in [-0.2, 0) is 9.53 Å². The Bertz CT molecular complexity index is 370. The van der Waals surface area contributed by atoms with E-state index in [-0.39, 0.29) is 12.4 Å². The van der Waals surface area contributed by atoms with Crippen LogP contribution < -0.4 is 5.73 Å². The van der Waals surface area contributed by atoms with Crippen LogP contribution >= 0.6 is 12.4 Å². The van der Waals surface area contributed by atoms with Crippen molar-refractivity contribution in [3.8, 4) is 6.07 Å². The van der Waals surface area contributed by atoms with E-state index in [1.807, 2.05) is 6.07 Å². The normalized spacial score (nSPS) is 10.7. The molecule has 0 heterocycles. The molecule has 0 aliphatic rings. The molecule has 0 aliphatic heterocycles. The quantitative estimate of drug-likeness (QED) is 0.768. The van der Waals surface area contributed by atoms with Crippen molar-refractivity contribution in [2.24, 2.45) is 5.73 Å². The van der Waals surface area contributed by atoms with Gasteiger partial charge in [0.1, 0.15) is 6.04 Å². The summed E-state index contributed by atoms with van der Waals surface area (Å²) in [7, 11) is 1.28. The van der Waals surface area contributed by atoms with Crippen LogP contribution in [0.5, 0.6) is 0 Å². The van der Waals surface area contributed by atoms with Crippen LogP contribution in [0, 0.1) is 11.3 Å². The van der Waals surface area contributed by atoms with Crippen molar-refractivity contribution in [2.75, 3.05) is 7.11 Å². The number of carbonyl (C=O) groups excluding carboxylic acids is 1. The molecule has 0 aliphatic carbocycles. The van der Waals surface area contributed by atoms with Crippen molar-refractivity contribution < 1.29 is 9.53 Å². The zero-order valence-electron chi connectivity index (χ0n) is 8.14. The number of nitrogens with two attached hydrogens (primary N) is 1. The van der Waals surface area contributed by atoms with Crippen LogP contribution in [0.3, 0.4) is 0 Å². The van der Waals surface area contributed by atoms with Gasteiger partial charge in [-0.05, 0) is 17.7 Å². The number of rotatable bonds is 2. The van der Waals surface area contributed by atoms with Crippen molar-refractivity contribution >= 4 is 18.4 Å². The highest BCUT2D eigenvalue weighted by Crippen LogP contribution is 2.12. The molecule has 0 spiro atoms. The molecule has 1 atom stereocenters. The van der Waals surface area contributed by atoms with Gasteiger partial charge in [-0.25, -0.2) is 0 Å². The summed E-state index contributed by atoms with van der Waals surface area (Å²) in [6, 6.07) is 7.69. The number of ether oxygens (including phenoxy) is 1. The summed E-state index contributed by atoms with van der Waals surface area (Å²) < 4.78 is 4.49. The predicted molar refractivity (Wildman–Crippen MR) is 57.3 cm³/mol. The van der Waals surface area contributed by atoms with Crippen LogP contribution in [0.4, 0.5) is 0 Å². The monoisotopic (exact) mass is 226 g/mol. The minimum absolute atomic E-state index is 0. The predicted octanol–water partition coefficient (Wildman–Crippen LogP) is 1.15. The van der Waals surface area contributed by atoms with Gasteiger partial charge >= 0.3 is 5.97 Å². The van der Waals surface area contributed by atoms with E-state index in [1.54, 1.807) is 24.3 Å². The number of carbonyl (C=O) groups is 1. The smallest absolute Gasteiger partial charge is 0.327 e. The fourth-order valence-electron chi connectivity index (χ4n) is 1.03. The molecule has 0 radical (unpaired) electrons. The number of nitrogens with zero attached hydrogens (tertiary/aromatic N) is 1. The maximum absolute atomic E-state index is 11.1. The Balaban J connectivity index is 0.00000196. The van der Waals surface area contributed by atoms with E-state index in [0.29, 0.717) is 11.1 Å². The summed E-state index contributed by atoms with van der Waals surface area (Å²) in [4.78, 5) is 11.1. The van der Waals surface area contributed by atoms with Crippen molar-refractivity contribution in [1.29, 1.82) is 5.26 Å². The van der Waals surface area contributed by atoms with E-state index in [9.17, 15) is 4.79 Å². The third kappa shape index (κ3) is 3.24. The molecule has 5 heteroatoms. The SMILES string of the molecule is COC(=O)[C@H](N)c1ccc(C#N)cc1.Cl. The maximum atomic E-state index is 11.1. The number of methoxy groups -OCH3 is 1. The molecule has 0 unspecified atom stereocenters. The summed E-state index contributed by atoms with van der Waals surface area (Å²) in [5.74, 6) is -0.491. The lowest BCUT2D eigenvalue weighted by Crippen LogP contribution is -2.22. The van der Waals surface area contributed by atoms with E-state index in [1.165, 1.54) is 7.11 Å². The number of halogens is 1. The Hall–Kier alpha value is -1.57. The van der Waals surface area contributed by atoms with Crippen molar-refractivity contribution in [3.05, 3.63) is 35.4 Å². The van der Waals surface area contributed by atoms with Crippen LogP contribution in [0.25, 0.3) is 0 Å². The van der Waals surface area contributed by atoms with Gasteiger partial charge in [0.15, 0.2) is 0 Å². The minimum atomic E-state index is -0.784. The minimum Gasteiger partial charge on any atom is -0.468 e. The van der Waals surface area contributed by atoms with Gasteiger partial charge < -0.3 is 10.5 Å². The highest BCUT2D eigenvalue weighted by atomic mass is 35.5. The number of nitriles is 1. The van der Waals surface area contributed by atoms with Gasteiger partial charge in [0.05, 0.1) is 18.7 Å². The molecule has 1 rings (SSSR count). The van der Waals surface area contributed by atoms with Crippen molar-refractivity contribution in [2.45, 2.75) is 6.04 Å². The molecule has 4 nitrogen and oxygen atoms in total. The van der Waals surface area contributed by atoms with E-state index < -0.39 is 12.0 Å². The molecule has 0 bridgehead atoms. The second-order valence-electron chi connectivity index (χ2n) is 2.73. The molecule has 0 saturated heterocycles. The highest BCUT2D eigenvalue weighted by Gasteiger charge is 2.15. The highest BCUT2D eigenvalue weighted by molar-refractivity contribution is 5.85. The average molecular weight is 227 g/mol. The van der Waals surface area contributed by atoms with E-state index in [4.69, 9.17) is 11.0 Å². The van der Waals surface area contributed by atoms with Gasteiger partial charge in [0.2, 0.25) is 0 Å². The Labute approximate surface area is 94.1 Å². The molecule has 2 N–H and O–H groups in total. The lowest BCUT2D eigenvalue weighted by Gasteiger charge is -2.08. The van der Waals surface area contributed by atoms with Crippen LogP contribution in [0.15, 0.2) is 24.3 Å². The Morgan fingerprint density at radius 1 is 1.47 bits per heavy atom. The Morgan fingerprint density at radius 2 is 2.00 bits per heavy atom. The molecule has 1 aromatic carbocycles. The second kappa shape index (κ2) is 6.02. The van der Waals surface area contributed by atoms with Crippen LogP contribution in [0.2, 0.25) is 0 Å². The van der Waals surface area contributed by atoms with Gasteiger partial charge in [-0.15, -0.1) is 12.4 Å². The fraction of sp³-hybridized carbons (Fsp3) is 0.200. The Kier molecular flexibility index (Phi) is 5.39. The van der Waals surface area contributed by atoms with Gasteiger partial charge in [-0.1, -0.05) is 12.1 Å². The molecule has 80 valence electrons. The molecular formula is C10H11ClN2O2. The average Bonchev–Trinajstić information content (AvgIpc) is 2.27. The third-order valence-corrected chi connectivity index (χ3v) is 1.85. The Morgan fingerprint density at radius 3 is 2.40 bits per heavy atom. The first kappa shape index (κ1) is 13.4. The molecule has 1 aromatic rings. The summed E-state index contributed by atoms with van der Waals surface area (Å²) in [6.07, 6.45) is 0. The lowest BCUT2D eigenvalue weighted by atomic mass is 10.1. The third-order valence-electron chi connectivity index (χ3n) is 1.85. The standard InChI is InChI=1S/C10H10N2O2.ClH/c1-14-10(13)9(12)8-4-2-7(6-11)3-5-8;/h2-5,9H,12H2,1H3;1H/t9-;/m1./s1. The van der Waals surface area contributed by atoms with Gasteiger partial charge in [0.25, 0.3) is 0 Å². The van der Waals surface area contributed by atoms with Crippen molar-refractivity contribution in [3.63, 3.8) is 0 Å². The summed E-state index contributed by atoms with van der Waals surface area (Å²) in [6.45, 7) is 0. The van der Waals surface area contributed by atoms with E-state index in [2.05, 4.69) is 4.74 Å². The molecular weight excluding hydrogens is 216 g/mol. The molecule has 0 fully saturated rings. The fourth-order valence-corrected chi connectivity index (χ4v) is 1.03. The van der Waals surface area contributed by atoms with Gasteiger partial charge in [-0.2, -0.15) is 5.26 Å². The van der Waals surface area contributed by atoms with Gasteiger partial charge in [-0.3, -0.25) is 4.79 Å². The van der Waals surface area contributed by atoms with Crippen LogP contribution in [-0.4, -0.2) is 13.1 Å². The number of benzene rings is 1. The lowest BCUT2D eigenvalue weighted by molar-refractivity contribution is -0.142. The topological polar surface area (TPSA) is 76.1 Å². The zero-order chi connectivity index (χ0) is 10.6. The van der Waals surface area contributed by atoms with Gasteiger partial charge in [0, 0.05) is 0 Å². The summed E-state index contributed by atoms with van der Waals surface area (Å²) >= 11 is 0. The summed E-state index contributed by atoms with van der Waals surface area (Å²) in [5, 5.41) is 8.55. The molecule has 15 heavy (non-hydrogen) atoms. The van der Waals surface area contributed by atoms with E-state index >= 15 is 0 Å². The first-order chi connectivity index (χ1) is 6.69. The first-order valence-corrected chi connectivity index (χ1v) is 4.02. The number of hydrogen-bond donors (Lipinski definition) is 1. The molecule has 0 aromatic heterocycles. The summed E-state index contributed by atoms with van der Waals surface area (Å²) in [5.41, 5.74) is 6.75. The largest absolute Gasteiger partial charge is 0.468 e. The first-order valence-electron chi connectivity index (χ1n) is 4.02. The number of hydrogen-bond acceptors (Lipinski definition) is 4. The van der Waals surface area contributed by atoms with E-state index in [0.717, 1.165) is 0 Å². The maximum Gasteiger partial charge on any atom is 0.327 e. The second-order valence-corrected chi connectivity index (χ2v) is 2.73. The molecule has 0 saturated carbocycles. The van der Waals surface area contributed by atoms with Crippen LogP contribution in [0.1, 0.15) is 17.2 Å². The zero-order valence-corrected chi connectivity index (χ0v) is 8.95. The molecule has 0 amide bonds. The number of esters is 1.